The lowest BCUT2D eigenvalue weighted by atomic mass is 9.88. The monoisotopic (exact) mass is 405 g/mol. The number of thiazole rings is 1. The Morgan fingerprint density at radius 3 is 1.87 bits per heavy atom. The molecule has 3 aromatic carbocycles. The van der Waals surface area contributed by atoms with E-state index in [1.165, 1.54) is 21.9 Å². The highest BCUT2D eigenvalue weighted by atomic mass is 32.1. The van der Waals surface area contributed by atoms with Crippen LogP contribution in [0.25, 0.3) is 32.4 Å². The summed E-state index contributed by atoms with van der Waals surface area (Å²) in [5.41, 5.74) is 7.03. The molecule has 0 radical (unpaired) electrons. The number of fused-ring (bicyclic) bond motifs is 2. The van der Waals surface area contributed by atoms with Crippen LogP contribution in [-0.2, 0) is 0 Å². The summed E-state index contributed by atoms with van der Waals surface area (Å²) in [6, 6.07) is 27.4. The second kappa shape index (κ2) is 7.01. The van der Waals surface area contributed by atoms with Gasteiger partial charge in [-0.3, -0.25) is 0 Å². The van der Waals surface area contributed by atoms with Gasteiger partial charge in [-0.15, -0.1) is 11.3 Å². The molecule has 0 saturated heterocycles. The van der Waals surface area contributed by atoms with Crippen molar-refractivity contribution in [3.05, 3.63) is 113 Å². The van der Waals surface area contributed by atoms with Crippen LogP contribution in [0.3, 0.4) is 0 Å². The minimum absolute atomic E-state index is 0.0472. The Hall–Kier alpha value is -3.63. The Morgan fingerprint density at radius 2 is 1.23 bits per heavy atom. The molecular weight excluding hydrogens is 386 g/mol. The number of nitrogens with zero attached hydrogens (tertiary/aromatic N) is 1. The van der Waals surface area contributed by atoms with Crippen LogP contribution >= 0.6 is 11.3 Å². The molecule has 0 amide bonds. The lowest BCUT2D eigenvalue weighted by Gasteiger charge is -2.14. The summed E-state index contributed by atoms with van der Waals surface area (Å²) in [5.74, 6) is 0.0472. The van der Waals surface area contributed by atoms with Gasteiger partial charge in [0.2, 0.25) is 0 Å². The fourth-order valence-corrected chi connectivity index (χ4v) is 5.14. The smallest absolute Gasteiger partial charge is 0.123 e. The van der Waals surface area contributed by atoms with Gasteiger partial charge in [-0.2, -0.15) is 0 Å². The van der Waals surface area contributed by atoms with Crippen LogP contribution in [0, 0.1) is 0 Å². The zero-order valence-electron chi connectivity index (χ0n) is 16.2. The van der Waals surface area contributed by atoms with Crippen molar-refractivity contribution < 1.29 is 0 Å². The van der Waals surface area contributed by atoms with Gasteiger partial charge < -0.3 is 9.97 Å². The molecule has 6 aromatic rings. The molecule has 2 N–H and O–H groups in total. The Bertz CT molecular complexity index is 1380. The Labute approximate surface area is 178 Å². The van der Waals surface area contributed by atoms with E-state index in [1.807, 2.05) is 6.07 Å². The predicted molar refractivity (Wildman–Crippen MR) is 125 cm³/mol. The van der Waals surface area contributed by atoms with E-state index in [2.05, 4.69) is 101 Å². The van der Waals surface area contributed by atoms with Crippen molar-refractivity contribution in [2.45, 2.75) is 5.92 Å². The highest BCUT2D eigenvalue weighted by molar-refractivity contribution is 7.13. The van der Waals surface area contributed by atoms with Crippen molar-refractivity contribution in [3.8, 4) is 10.6 Å². The highest BCUT2D eigenvalue weighted by Gasteiger charge is 2.25. The first-order chi connectivity index (χ1) is 14.9. The van der Waals surface area contributed by atoms with Crippen molar-refractivity contribution in [3.63, 3.8) is 0 Å². The fraction of sp³-hybridized carbons (Fsp3) is 0.0385. The van der Waals surface area contributed by atoms with Gasteiger partial charge in [0.1, 0.15) is 5.01 Å². The standard InChI is InChI=1S/C26H19N3S/c1-2-8-17(9-3-1)26-29-24(16-30-26)25(20-14-27-22-12-6-4-10-18(20)22)21-15-28-23-13-7-5-11-19(21)23/h1-16,25,27-28H. The first-order valence-corrected chi connectivity index (χ1v) is 10.9. The van der Waals surface area contributed by atoms with Gasteiger partial charge in [0.15, 0.2) is 0 Å². The molecule has 30 heavy (non-hydrogen) atoms. The minimum atomic E-state index is 0.0472. The molecule has 0 bridgehead atoms. The summed E-state index contributed by atoms with van der Waals surface area (Å²) >= 11 is 1.70. The molecule has 0 fully saturated rings. The van der Waals surface area contributed by atoms with E-state index < -0.39 is 0 Å². The summed E-state index contributed by atoms with van der Waals surface area (Å²) in [5, 5.41) is 5.73. The van der Waals surface area contributed by atoms with E-state index in [-0.39, 0.29) is 5.92 Å². The second-order valence-electron chi connectivity index (χ2n) is 7.46. The average molecular weight is 406 g/mol. The van der Waals surface area contributed by atoms with Gasteiger partial charge in [0, 0.05) is 45.1 Å². The van der Waals surface area contributed by atoms with Crippen molar-refractivity contribution in [2.24, 2.45) is 0 Å². The number of rotatable bonds is 4. The third-order valence-electron chi connectivity index (χ3n) is 5.70. The summed E-state index contributed by atoms with van der Waals surface area (Å²) in [4.78, 5) is 12.0. The largest absolute Gasteiger partial charge is 0.361 e. The Morgan fingerprint density at radius 1 is 0.667 bits per heavy atom. The van der Waals surface area contributed by atoms with Crippen molar-refractivity contribution in [2.75, 3.05) is 0 Å². The molecule has 144 valence electrons. The molecule has 4 heteroatoms. The number of H-pyrrole nitrogens is 2. The number of nitrogens with one attached hydrogen (secondary N) is 2. The summed E-state index contributed by atoms with van der Waals surface area (Å²) in [7, 11) is 0. The van der Waals surface area contributed by atoms with Gasteiger partial charge in [-0.1, -0.05) is 66.7 Å². The first kappa shape index (κ1) is 17.2. The van der Waals surface area contributed by atoms with E-state index in [9.17, 15) is 0 Å². The molecule has 3 aromatic heterocycles. The summed E-state index contributed by atoms with van der Waals surface area (Å²) in [6.45, 7) is 0. The van der Waals surface area contributed by atoms with E-state index >= 15 is 0 Å². The molecule has 0 aliphatic carbocycles. The maximum atomic E-state index is 5.10. The van der Waals surface area contributed by atoms with Gasteiger partial charge in [0.25, 0.3) is 0 Å². The predicted octanol–water partition coefficient (Wildman–Crippen LogP) is 6.95. The van der Waals surface area contributed by atoms with E-state index in [4.69, 9.17) is 4.98 Å². The number of hydrogen-bond donors (Lipinski definition) is 2. The minimum Gasteiger partial charge on any atom is -0.361 e. The normalized spacial score (nSPS) is 11.6. The van der Waals surface area contributed by atoms with Crippen LogP contribution in [0.2, 0.25) is 0 Å². The first-order valence-electron chi connectivity index (χ1n) is 10.0. The highest BCUT2D eigenvalue weighted by Crippen LogP contribution is 2.40. The molecule has 3 heterocycles. The van der Waals surface area contributed by atoms with E-state index in [1.54, 1.807) is 11.3 Å². The van der Waals surface area contributed by atoms with Crippen molar-refractivity contribution in [1.82, 2.24) is 15.0 Å². The topological polar surface area (TPSA) is 44.5 Å². The van der Waals surface area contributed by atoms with Crippen LogP contribution in [0.15, 0.2) is 96.6 Å². The van der Waals surface area contributed by atoms with Crippen LogP contribution in [0.1, 0.15) is 22.7 Å². The fourth-order valence-electron chi connectivity index (χ4n) is 4.28. The quantitative estimate of drug-likeness (QED) is 0.327. The van der Waals surface area contributed by atoms with Gasteiger partial charge in [0.05, 0.1) is 11.6 Å². The van der Waals surface area contributed by atoms with Crippen LogP contribution in [0.4, 0.5) is 0 Å². The number of hydrogen-bond acceptors (Lipinski definition) is 2. The number of aromatic amines is 2. The summed E-state index contributed by atoms with van der Waals surface area (Å²) in [6.07, 6.45) is 4.28. The van der Waals surface area contributed by atoms with E-state index in [0.717, 1.165) is 27.3 Å². The molecule has 0 aliphatic heterocycles. The van der Waals surface area contributed by atoms with Gasteiger partial charge in [-0.25, -0.2) is 4.98 Å². The maximum absolute atomic E-state index is 5.10. The van der Waals surface area contributed by atoms with Crippen molar-refractivity contribution in [1.29, 1.82) is 0 Å². The maximum Gasteiger partial charge on any atom is 0.123 e. The molecule has 6 rings (SSSR count). The molecule has 0 spiro atoms. The van der Waals surface area contributed by atoms with Gasteiger partial charge in [-0.05, 0) is 23.3 Å². The molecule has 0 atom stereocenters. The van der Waals surface area contributed by atoms with E-state index in [0.29, 0.717) is 0 Å². The Kier molecular flexibility index (Phi) is 4.03. The number of benzene rings is 3. The third-order valence-corrected chi connectivity index (χ3v) is 6.61. The lowest BCUT2D eigenvalue weighted by Crippen LogP contribution is -2.03. The average Bonchev–Trinajstić information content (AvgIpc) is 3.55. The lowest BCUT2D eigenvalue weighted by molar-refractivity contribution is 0.952. The van der Waals surface area contributed by atoms with Crippen molar-refractivity contribution >= 4 is 33.1 Å². The van der Waals surface area contributed by atoms with Crippen LogP contribution < -0.4 is 0 Å². The molecule has 0 aliphatic rings. The van der Waals surface area contributed by atoms with Gasteiger partial charge >= 0.3 is 0 Å². The number of para-hydroxylation sites is 2. The zero-order chi connectivity index (χ0) is 19.9. The summed E-state index contributed by atoms with van der Waals surface area (Å²) < 4.78 is 0. The molecule has 3 nitrogen and oxygen atoms in total. The molecule has 0 unspecified atom stereocenters. The van der Waals surface area contributed by atoms with Crippen LogP contribution in [-0.4, -0.2) is 15.0 Å². The SMILES string of the molecule is c1ccc(-c2nc(C(c3c[nH]c4ccccc34)c3c[nH]c4ccccc34)cs2)cc1. The molecular formula is C26H19N3S. The Balaban J connectivity index is 1.58. The number of aromatic nitrogens is 3. The zero-order valence-corrected chi connectivity index (χ0v) is 17.0. The molecule has 0 saturated carbocycles. The third kappa shape index (κ3) is 2.77. The second-order valence-corrected chi connectivity index (χ2v) is 8.31. The van der Waals surface area contributed by atoms with Crippen LogP contribution in [0.5, 0.6) is 0 Å².